The quantitative estimate of drug-likeness (QED) is 0.375. The van der Waals surface area contributed by atoms with E-state index in [1.165, 1.54) is 36.9 Å². The minimum atomic E-state index is -4.21. The number of sulfonamides is 1. The first kappa shape index (κ1) is 26.0. The third-order valence-electron chi connectivity index (χ3n) is 5.10. The molecule has 0 aliphatic rings. The van der Waals surface area contributed by atoms with Crippen molar-refractivity contribution in [2.75, 3.05) is 7.11 Å². The predicted molar refractivity (Wildman–Crippen MR) is 133 cm³/mol. The molecule has 3 rings (SSSR count). The molecule has 0 aromatic heterocycles. The molecular weight excluding hydrogens is 497 g/mol. The molecule has 6 nitrogen and oxygen atoms in total. The van der Waals surface area contributed by atoms with Gasteiger partial charge in [-0.15, -0.1) is 0 Å². The van der Waals surface area contributed by atoms with E-state index in [0.717, 1.165) is 11.1 Å². The van der Waals surface area contributed by atoms with E-state index in [1.54, 1.807) is 12.1 Å². The van der Waals surface area contributed by atoms with Crippen LogP contribution in [0.3, 0.4) is 0 Å². The van der Waals surface area contributed by atoms with Crippen LogP contribution in [0.15, 0.2) is 65.6 Å². The van der Waals surface area contributed by atoms with Gasteiger partial charge in [0.1, 0.15) is 10.6 Å². The maximum Gasteiger partial charge on any atom is 0.268 e. The van der Waals surface area contributed by atoms with Crippen molar-refractivity contribution >= 4 is 39.1 Å². The third kappa shape index (κ3) is 6.51. The van der Waals surface area contributed by atoms with Crippen LogP contribution in [0.5, 0.6) is 5.75 Å². The molecule has 0 bridgehead atoms. The molecule has 34 heavy (non-hydrogen) atoms. The Morgan fingerprint density at radius 3 is 2.21 bits per heavy atom. The van der Waals surface area contributed by atoms with Gasteiger partial charge in [0.2, 0.25) is 0 Å². The first-order valence-corrected chi connectivity index (χ1v) is 12.7. The van der Waals surface area contributed by atoms with Gasteiger partial charge in [-0.3, -0.25) is 4.79 Å². The molecule has 0 aliphatic heterocycles. The molecule has 0 spiro atoms. The van der Waals surface area contributed by atoms with E-state index in [0.29, 0.717) is 19.1 Å². The molecule has 180 valence electrons. The van der Waals surface area contributed by atoms with Gasteiger partial charge < -0.3 is 9.47 Å². The second kappa shape index (κ2) is 11.2. The number of benzene rings is 3. The van der Waals surface area contributed by atoms with Crippen LogP contribution >= 0.6 is 23.2 Å². The standard InChI is InChI=1S/C25H25Cl2NO5S/c1-16(2)19-7-4-17(5-8-19)14-33-15-18-6-10-21(23(12-18)32-3)25(29)28-34(30,31)24-11-9-20(26)13-22(24)27/h4-13,16H,14-15H2,1-3H3,(H,28,29). The molecule has 0 unspecified atom stereocenters. The number of hydrogen-bond donors (Lipinski definition) is 1. The topological polar surface area (TPSA) is 81.7 Å². The summed E-state index contributed by atoms with van der Waals surface area (Å²) in [5.74, 6) is -0.158. The van der Waals surface area contributed by atoms with Gasteiger partial charge in [0.15, 0.2) is 0 Å². The summed E-state index contributed by atoms with van der Waals surface area (Å²) in [6, 6.07) is 17.0. The first-order chi connectivity index (χ1) is 16.1. The zero-order chi connectivity index (χ0) is 24.9. The highest BCUT2D eigenvalue weighted by Gasteiger charge is 2.23. The highest BCUT2D eigenvalue weighted by Crippen LogP contribution is 2.26. The number of carbonyl (C=O) groups is 1. The number of rotatable bonds is 9. The van der Waals surface area contributed by atoms with Crippen molar-refractivity contribution in [1.82, 2.24) is 4.72 Å². The number of nitrogens with one attached hydrogen (secondary N) is 1. The summed E-state index contributed by atoms with van der Waals surface area (Å²) >= 11 is 11.8. The van der Waals surface area contributed by atoms with E-state index in [-0.39, 0.29) is 26.3 Å². The van der Waals surface area contributed by atoms with Crippen molar-refractivity contribution in [3.8, 4) is 5.75 Å². The average molecular weight is 522 g/mol. The van der Waals surface area contributed by atoms with Gasteiger partial charge in [-0.05, 0) is 52.9 Å². The molecule has 0 heterocycles. The number of halogens is 2. The van der Waals surface area contributed by atoms with E-state index in [2.05, 4.69) is 26.0 Å². The van der Waals surface area contributed by atoms with Gasteiger partial charge in [0.25, 0.3) is 15.9 Å². The molecule has 0 fully saturated rings. The summed E-state index contributed by atoms with van der Waals surface area (Å²) in [5, 5.41) is 0.188. The highest BCUT2D eigenvalue weighted by atomic mass is 35.5. The lowest BCUT2D eigenvalue weighted by Crippen LogP contribution is -2.31. The van der Waals surface area contributed by atoms with Crippen molar-refractivity contribution in [2.45, 2.75) is 37.9 Å². The van der Waals surface area contributed by atoms with Gasteiger partial charge in [-0.25, -0.2) is 13.1 Å². The summed E-state index contributed by atoms with van der Waals surface area (Å²) in [6.07, 6.45) is 0. The van der Waals surface area contributed by atoms with Gasteiger partial charge >= 0.3 is 0 Å². The van der Waals surface area contributed by atoms with Gasteiger partial charge in [-0.2, -0.15) is 0 Å². The van der Waals surface area contributed by atoms with Crippen molar-refractivity contribution in [3.63, 3.8) is 0 Å². The van der Waals surface area contributed by atoms with Crippen molar-refractivity contribution < 1.29 is 22.7 Å². The fourth-order valence-electron chi connectivity index (χ4n) is 3.22. The summed E-state index contributed by atoms with van der Waals surface area (Å²) < 4.78 is 38.4. The monoisotopic (exact) mass is 521 g/mol. The summed E-state index contributed by atoms with van der Waals surface area (Å²) in [7, 11) is -2.81. The lowest BCUT2D eigenvalue weighted by atomic mass is 10.0. The van der Waals surface area contributed by atoms with Gasteiger partial charge in [-0.1, -0.05) is 67.4 Å². The second-order valence-electron chi connectivity index (χ2n) is 7.93. The molecule has 0 saturated carbocycles. The maximum absolute atomic E-state index is 12.7. The van der Waals surface area contributed by atoms with Crippen LogP contribution in [0.4, 0.5) is 0 Å². The molecule has 9 heteroatoms. The van der Waals surface area contributed by atoms with E-state index >= 15 is 0 Å². The maximum atomic E-state index is 12.7. The molecule has 3 aromatic carbocycles. The Bertz CT molecular complexity index is 1270. The van der Waals surface area contributed by atoms with Crippen LogP contribution in [-0.4, -0.2) is 21.4 Å². The lowest BCUT2D eigenvalue weighted by molar-refractivity contribution is 0.0977. The summed E-state index contributed by atoms with van der Waals surface area (Å²) in [4.78, 5) is 12.5. The molecule has 0 atom stereocenters. The zero-order valence-electron chi connectivity index (χ0n) is 19.0. The van der Waals surface area contributed by atoms with Gasteiger partial charge in [0, 0.05) is 5.02 Å². The zero-order valence-corrected chi connectivity index (χ0v) is 21.3. The molecule has 1 N–H and O–H groups in total. The van der Waals surface area contributed by atoms with Crippen molar-refractivity contribution in [3.05, 3.63) is 93.0 Å². The molecule has 1 amide bonds. The van der Waals surface area contributed by atoms with Crippen LogP contribution < -0.4 is 9.46 Å². The number of methoxy groups -OCH3 is 1. The van der Waals surface area contributed by atoms with E-state index in [4.69, 9.17) is 32.7 Å². The lowest BCUT2D eigenvalue weighted by Gasteiger charge is -2.13. The SMILES string of the molecule is COc1cc(COCc2ccc(C(C)C)cc2)ccc1C(=O)NS(=O)(=O)c1ccc(Cl)cc1Cl. The minimum Gasteiger partial charge on any atom is -0.496 e. The van der Waals surface area contributed by atoms with Crippen LogP contribution in [-0.2, 0) is 28.0 Å². The Morgan fingerprint density at radius 1 is 0.941 bits per heavy atom. The fourth-order valence-corrected chi connectivity index (χ4v) is 4.96. The number of hydrogen-bond acceptors (Lipinski definition) is 5. The number of ether oxygens (including phenoxy) is 2. The smallest absolute Gasteiger partial charge is 0.268 e. The van der Waals surface area contributed by atoms with Crippen molar-refractivity contribution in [2.24, 2.45) is 0 Å². The Labute approximate surface area is 209 Å². The third-order valence-corrected chi connectivity index (χ3v) is 7.15. The Kier molecular flexibility index (Phi) is 8.60. The normalized spacial score (nSPS) is 11.5. The van der Waals surface area contributed by atoms with Crippen molar-refractivity contribution in [1.29, 1.82) is 0 Å². The van der Waals surface area contributed by atoms with Crippen LogP contribution in [0, 0.1) is 0 Å². The Balaban J connectivity index is 1.67. The molecule has 0 aliphatic carbocycles. The highest BCUT2D eigenvalue weighted by molar-refractivity contribution is 7.90. The molecular formula is C25H25Cl2NO5S. The molecule has 3 aromatic rings. The molecule has 0 radical (unpaired) electrons. The van der Waals surface area contributed by atoms with E-state index in [9.17, 15) is 13.2 Å². The second-order valence-corrected chi connectivity index (χ2v) is 10.4. The summed E-state index contributed by atoms with van der Waals surface area (Å²) in [6.45, 7) is 5.02. The number of carbonyl (C=O) groups excluding carboxylic acids is 1. The van der Waals surface area contributed by atoms with Gasteiger partial charge in [0.05, 0.1) is 30.9 Å². The van der Waals surface area contributed by atoms with Crippen LogP contribution in [0.1, 0.15) is 46.8 Å². The molecule has 0 saturated heterocycles. The minimum absolute atomic E-state index is 0.0594. The first-order valence-electron chi connectivity index (χ1n) is 10.5. The largest absolute Gasteiger partial charge is 0.496 e. The van der Waals surface area contributed by atoms with Crippen LogP contribution in [0.2, 0.25) is 10.0 Å². The number of amides is 1. The fraction of sp³-hybridized carbons (Fsp3) is 0.240. The summed E-state index contributed by atoms with van der Waals surface area (Å²) in [5.41, 5.74) is 3.15. The average Bonchev–Trinajstić information content (AvgIpc) is 2.78. The van der Waals surface area contributed by atoms with Crippen LogP contribution in [0.25, 0.3) is 0 Å². The Hall–Kier alpha value is -2.58. The van der Waals surface area contributed by atoms with E-state index < -0.39 is 15.9 Å². The van der Waals surface area contributed by atoms with E-state index in [1.807, 2.05) is 16.9 Å². The predicted octanol–water partition coefficient (Wildman–Crippen LogP) is 5.96. The Morgan fingerprint density at radius 2 is 1.59 bits per heavy atom.